The van der Waals surface area contributed by atoms with Crippen LogP contribution in [0, 0.1) is 6.92 Å². The number of oxazole rings is 1. The quantitative estimate of drug-likeness (QED) is 0.715. The lowest BCUT2D eigenvalue weighted by Crippen LogP contribution is -1.89. The molecule has 0 aliphatic carbocycles. The third kappa shape index (κ3) is 1.51. The van der Waals surface area contributed by atoms with E-state index in [9.17, 15) is 0 Å². The molecule has 0 bridgehead atoms. The first-order valence-electron chi connectivity index (χ1n) is 3.90. The van der Waals surface area contributed by atoms with E-state index in [-0.39, 0.29) is 0 Å². The van der Waals surface area contributed by atoms with Gasteiger partial charge in [0.1, 0.15) is 12.1 Å². The summed E-state index contributed by atoms with van der Waals surface area (Å²) in [4.78, 5) is 8.05. The van der Waals surface area contributed by atoms with Gasteiger partial charge in [-0.1, -0.05) is 0 Å². The summed E-state index contributed by atoms with van der Waals surface area (Å²) in [5, 5.41) is 0. The number of nitrogen functional groups attached to an aromatic ring is 1. The topological polar surface area (TPSA) is 64.9 Å². The fourth-order valence-electron chi connectivity index (χ4n) is 1.07. The molecule has 0 aliphatic heterocycles. The first-order chi connectivity index (χ1) is 6.25. The molecule has 0 spiro atoms. The SMILES string of the molecule is Cc1coc(-c2ccnc(N)c2)n1. The second-order valence-corrected chi connectivity index (χ2v) is 2.76. The van der Waals surface area contributed by atoms with Gasteiger partial charge in [0.25, 0.3) is 0 Å². The molecule has 0 aliphatic rings. The number of rotatable bonds is 1. The predicted molar refractivity (Wildman–Crippen MR) is 48.9 cm³/mol. The van der Waals surface area contributed by atoms with Crippen LogP contribution in [0.1, 0.15) is 5.69 Å². The molecule has 0 aromatic carbocycles. The van der Waals surface area contributed by atoms with E-state index in [1.165, 1.54) is 0 Å². The molecule has 66 valence electrons. The van der Waals surface area contributed by atoms with E-state index in [0.29, 0.717) is 11.7 Å². The van der Waals surface area contributed by atoms with Crippen molar-refractivity contribution in [3.8, 4) is 11.5 Å². The third-order valence-corrected chi connectivity index (χ3v) is 1.65. The second-order valence-electron chi connectivity index (χ2n) is 2.76. The minimum Gasteiger partial charge on any atom is -0.444 e. The molecule has 2 aromatic rings. The Labute approximate surface area is 75.4 Å². The van der Waals surface area contributed by atoms with E-state index in [1.54, 1.807) is 18.5 Å². The molecule has 0 atom stereocenters. The standard InChI is InChI=1S/C9H9N3O/c1-6-5-13-9(12-6)7-2-3-11-8(10)4-7/h2-5H,1H3,(H2,10,11). The Morgan fingerprint density at radius 1 is 1.46 bits per heavy atom. The number of hydrogen-bond donors (Lipinski definition) is 1. The first kappa shape index (κ1) is 7.79. The summed E-state index contributed by atoms with van der Waals surface area (Å²) >= 11 is 0. The molecule has 0 fully saturated rings. The Kier molecular flexibility index (Phi) is 1.73. The maximum Gasteiger partial charge on any atom is 0.226 e. The summed E-state index contributed by atoms with van der Waals surface area (Å²) < 4.78 is 5.21. The van der Waals surface area contributed by atoms with E-state index in [1.807, 2.05) is 13.0 Å². The highest BCUT2D eigenvalue weighted by atomic mass is 16.3. The Hall–Kier alpha value is -1.84. The minimum atomic E-state index is 0.466. The summed E-state index contributed by atoms with van der Waals surface area (Å²) in [5.74, 6) is 1.04. The molecule has 4 nitrogen and oxygen atoms in total. The number of hydrogen-bond acceptors (Lipinski definition) is 4. The Balaban J connectivity index is 2.46. The van der Waals surface area contributed by atoms with Gasteiger partial charge < -0.3 is 10.2 Å². The highest BCUT2D eigenvalue weighted by molar-refractivity contribution is 5.56. The van der Waals surface area contributed by atoms with Crippen LogP contribution in [-0.4, -0.2) is 9.97 Å². The third-order valence-electron chi connectivity index (χ3n) is 1.65. The van der Waals surface area contributed by atoms with Gasteiger partial charge in [-0.15, -0.1) is 0 Å². The van der Waals surface area contributed by atoms with Crippen LogP contribution in [0.5, 0.6) is 0 Å². The number of anilines is 1. The molecular formula is C9H9N3O. The molecule has 0 saturated carbocycles. The van der Waals surface area contributed by atoms with Crippen LogP contribution < -0.4 is 5.73 Å². The van der Waals surface area contributed by atoms with Gasteiger partial charge in [-0.3, -0.25) is 0 Å². The van der Waals surface area contributed by atoms with Crippen molar-refractivity contribution in [1.82, 2.24) is 9.97 Å². The molecule has 2 N–H and O–H groups in total. The van der Waals surface area contributed by atoms with Gasteiger partial charge in [-0.2, -0.15) is 0 Å². The van der Waals surface area contributed by atoms with Gasteiger partial charge in [0.15, 0.2) is 0 Å². The molecule has 0 amide bonds. The van der Waals surface area contributed by atoms with E-state index < -0.39 is 0 Å². The Morgan fingerprint density at radius 2 is 2.31 bits per heavy atom. The van der Waals surface area contributed by atoms with Gasteiger partial charge in [0.05, 0.1) is 5.69 Å². The number of aryl methyl sites for hydroxylation is 1. The van der Waals surface area contributed by atoms with E-state index in [2.05, 4.69) is 9.97 Å². The van der Waals surface area contributed by atoms with Crippen LogP contribution in [0.2, 0.25) is 0 Å². The average molecular weight is 175 g/mol. The summed E-state index contributed by atoms with van der Waals surface area (Å²) in [6.07, 6.45) is 3.23. The van der Waals surface area contributed by atoms with Crippen molar-refractivity contribution in [2.75, 3.05) is 5.73 Å². The zero-order valence-corrected chi connectivity index (χ0v) is 7.19. The maximum absolute atomic E-state index is 5.52. The molecule has 13 heavy (non-hydrogen) atoms. The highest BCUT2D eigenvalue weighted by Gasteiger charge is 2.03. The van der Waals surface area contributed by atoms with E-state index in [4.69, 9.17) is 10.2 Å². The zero-order valence-electron chi connectivity index (χ0n) is 7.19. The summed E-state index contributed by atoms with van der Waals surface area (Å²) in [6, 6.07) is 3.53. The lowest BCUT2D eigenvalue weighted by atomic mass is 10.2. The molecule has 2 aromatic heterocycles. The van der Waals surface area contributed by atoms with Gasteiger partial charge in [-0.25, -0.2) is 9.97 Å². The van der Waals surface area contributed by atoms with Gasteiger partial charge in [0, 0.05) is 11.8 Å². The molecule has 2 rings (SSSR count). The van der Waals surface area contributed by atoms with Crippen molar-refractivity contribution in [2.45, 2.75) is 6.92 Å². The van der Waals surface area contributed by atoms with Crippen molar-refractivity contribution < 1.29 is 4.42 Å². The lowest BCUT2D eigenvalue weighted by molar-refractivity contribution is 0.573. The van der Waals surface area contributed by atoms with Crippen LogP contribution in [0.25, 0.3) is 11.5 Å². The fraction of sp³-hybridized carbons (Fsp3) is 0.111. The normalized spacial score (nSPS) is 10.2. The van der Waals surface area contributed by atoms with E-state index in [0.717, 1.165) is 11.3 Å². The predicted octanol–water partition coefficient (Wildman–Crippen LogP) is 1.63. The molecular weight excluding hydrogens is 166 g/mol. The average Bonchev–Trinajstić information content (AvgIpc) is 2.52. The molecule has 0 radical (unpaired) electrons. The Bertz CT molecular complexity index is 422. The number of aromatic nitrogens is 2. The van der Waals surface area contributed by atoms with E-state index >= 15 is 0 Å². The van der Waals surface area contributed by atoms with Crippen molar-refractivity contribution in [1.29, 1.82) is 0 Å². The van der Waals surface area contributed by atoms with Crippen molar-refractivity contribution in [3.63, 3.8) is 0 Å². The minimum absolute atomic E-state index is 0.466. The van der Waals surface area contributed by atoms with Crippen LogP contribution in [0.4, 0.5) is 5.82 Å². The van der Waals surface area contributed by atoms with Crippen LogP contribution >= 0.6 is 0 Å². The van der Waals surface area contributed by atoms with Gasteiger partial charge in [-0.05, 0) is 19.1 Å². The van der Waals surface area contributed by atoms with Crippen LogP contribution in [0.15, 0.2) is 29.0 Å². The molecule has 0 saturated heterocycles. The second kappa shape index (κ2) is 2.90. The van der Waals surface area contributed by atoms with Crippen molar-refractivity contribution >= 4 is 5.82 Å². The largest absolute Gasteiger partial charge is 0.444 e. The molecule has 4 heteroatoms. The number of nitrogens with zero attached hydrogens (tertiary/aromatic N) is 2. The first-order valence-corrected chi connectivity index (χ1v) is 3.90. The Morgan fingerprint density at radius 3 is 2.92 bits per heavy atom. The molecule has 0 unspecified atom stereocenters. The monoisotopic (exact) mass is 175 g/mol. The lowest BCUT2D eigenvalue weighted by Gasteiger charge is -1.95. The smallest absolute Gasteiger partial charge is 0.226 e. The molecule has 2 heterocycles. The summed E-state index contributed by atoms with van der Waals surface area (Å²) in [6.45, 7) is 1.87. The highest BCUT2D eigenvalue weighted by Crippen LogP contribution is 2.18. The van der Waals surface area contributed by atoms with Gasteiger partial charge >= 0.3 is 0 Å². The van der Waals surface area contributed by atoms with Crippen LogP contribution in [-0.2, 0) is 0 Å². The maximum atomic E-state index is 5.52. The summed E-state index contributed by atoms with van der Waals surface area (Å²) in [7, 11) is 0. The van der Waals surface area contributed by atoms with Crippen LogP contribution in [0.3, 0.4) is 0 Å². The van der Waals surface area contributed by atoms with Gasteiger partial charge in [0.2, 0.25) is 5.89 Å². The number of nitrogens with two attached hydrogens (primary N) is 1. The number of pyridine rings is 1. The van der Waals surface area contributed by atoms with Crippen molar-refractivity contribution in [2.24, 2.45) is 0 Å². The fourth-order valence-corrected chi connectivity index (χ4v) is 1.07. The summed E-state index contributed by atoms with van der Waals surface area (Å²) in [5.41, 5.74) is 7.22. The zero-order chi connectivity index (χ0) is 9.26. The van der Waals surface area contributed by atoms with Crippen molar-refractivity contribution in [3.05, 3.63) is 30.3 Å².